The number of thiophene rings is 1. The van der Waals surface area contributed by atoms with Crippen molar-refractivity contribution in [2.24, 2.45) is 5.73 Å². The minimum atomic E-state index is -0.197. The molecular formula is C16H23N3OS. The molecule has 2 aromatic heterocycles. The van der Waals surface area contributed by atoms with Crippen molar-refractivity contribution in [3.8, 4) is 5.88 Å². The van der Waals surface area contributed by atoms with Crippen molar-refractivity contribution in [3.63, 3.8) is 0 Å². The molecule has 5 heteroatoms. The summed E-state index contributed by atoms with van der Waals surface area (Å²) in [5, 5.41) is 1.02. The minimum absolute atomic E-state index is 0.197. The summed E-state index contributed by atoms with van der Waals surface area (Å²) in [7, 11) is 0. The average molecular weight is 305 g/mol. The third-order valence-electron chi connectivity index (χ3n) is 4.29. The van der Waals surface area contributed by atoms with E-state index in [1.165, 1.54) is 30.6 Å². The van der Waals surface area contributed by atoms with Crippen molar-refractivity contribution in [1.82, 2.24) is 9.97 Å². The van der Waals surface area contributed by atoms with Gasteiger partial charge in [-0.15, -0.1) is 11.3 Å². The van der Waals surface area contributed by atoms with Crippen LogP contribution in [0.5, 0.6) is 5.88 Å². The Morgan fingerprint density at radius 1 is 1.24 bits per heavy atom. The van der Waals surface area contributed by atoms with Crippen LogP contribution < -0.4 is 10.5 Å². The number of aromatic nitrogens is 2. The topological polar surface area (TPSA) is 61.0 Å². The van der Waals surface area contributed by atoms with Gasteiger partial charge in [0.25, 0.3) is 0 Å². The largest absolute Gasteiger partial charge is 0.475 e. The molecule has 0 atom stereocenters. The van der Waals surface area contributed by atoms with Crippen LogP contribution in [0.1, 0.15) is 50.3 Å². The summed E-state index contributed by atoms with van der Waals surface area (Å²) in [6.45, 7) is 2.70. The predicted molar refractivity (Wildman–Crippen MR) is 86.9 cm³/mol. The summed E-state index contributed by atoms with van der Waals surface area (Å²) in [6, 6.07) is 2.14. The molecule has 0 unspecified atom stereocenters. The van der Waals surface area contributed by atoms with E-state index in [4.69, 9.17) is 10.5 Å². The first kappa shape index (κ1) is 14.7. The highest BCUT2D eigenvalue weighted by Crippen LogP contribution is 2.31. The van der Waals surface area contributed by atoms with E-state index in [9.17, 15) is 0 Å². The van der Waals surface area contributed by atoms with Gasteiger partial charge in [0.15, 0.2) is 0 Å². The second-order valence-corrected chi connectivity index (χ2v) is 7.14. The van der Waals surface area contributed by atoms with E-state index in [2.05, 4.69) is 23.0 Å². The maximum Gasteiger partial charge on any atom is 0.225 e. The maximum absolute atomic E-state index is 6.52. The predicted octanol–water partition coefficient (Wildman–Crippen LogP) is 3.68. The fourth-order valence-corrected chi connectivity index (χ4v) is 3.89. The summed E-state index contributed by atoms with van der Waals surface area (Å²) in [4.78, 5) is 11.0. The number of nitrogens with zero attached hydrogens (tertiary/aromatic N) is 2. The van der Waals surface area contributed by atoms with Gasteiger partial charge in [0.05, 0.1) is 10.9 Å². The Balaban J connectivity index is 1.76. The summed E-state index contributed by atoms with van der Waals surface area (Å²) >= 11 is 1.71. The van der Waals surface area contributed by atoms with Gasteiger partial charge in [-0.3, -0.25) is 0 Å². The van der Waals surface area contributed by atoms with Crippen LogP contribution in [0.3, 0.4) is 0 Å². The van der Waals surface area contributed by atoms with Crippen molar-refractivity contribution in [1.29, 1.82) is 0 Å². The van der Waals surface area contributed by atoms with Crippen molar-refractivity contribution < 1.29 is 4.74 Å². The lowest BCUT2D eigenvalue weighted by atomic mass is 9.93. The number of ether oxygens (including phenoxy) is 1. The Morgan fingerprint density at radius 3 is 2.71 bits per heavy atom. The summed E-state index contributed by atoms with van der Waals surface area (Å²) in [6.07, 6.45) is 9.69. The molecule has 1 fully saturated rings. The van der Waals surface area contributed by atoms with Crippen LogP contribution in [0.2, 0.25) is 0 Å². The van der Waals surface area contributed by atoms with E-state index >= 15 is 0 Å². The van der Waals surface area contributed by atoms with Gasteiger partial charge in [-0.2, -0.15) is 0 Å². The van der Waals surface area contributed by atoms with Crippen molar-refractivity contribution in [2.45, 2.75) is 57.4 Å². The first-order valence-electron chi connectivity index (χ1n) is 7.85. The quantitative estimate of drug-likeness (QED) is 0.875. The zero-order valence-electron chi connectivity index (χ0n) is 12.6. The molecule has 2 aromatic rings. The second-order valence-electron chi connectivity index (χ2n) is 6.03. The van der Waals surface area contributed by atoms with Crippen molar-refractivity contribution in [3.05, 3.63) is 17.3 Å². The van der Waals surface area contributed by atoms with Crippen molar-refractivity contribution >= 4 is 21.6 Å². The van der Waals surface area contributed by atoms with Gasteiger partial charge in [0.2, 0.25) is 5.88 Å². The highest BCUT2D eigenvalue weighted by Gasteiger charge is 2.27. The van der Waals surface area contributed by atoms with E-state index in [0.29, 0.717) is 12.5 Å². The zero-order valence-corrected chi connectivity index (χ0v) is 13.4. The molecule has 3 rings (SSSR count). The van der Waals surface area contributed by atoms with Gasteiger partial charge >= 0.3 is 0 Å². The highest BCUT2D eigenvalue weighted by atomic mass is 32.1. The summed E-state index contributed by atoms with van der Waals surface area (Å²) < 4.78 is 6.01. The fraction of sp³-hybridized carbons (Fsp3) is 0.625. The van der Waals surface area contributed by atoms with E-state index in [1.54, 1.807) is 17.7 Å². The third kappa shape index (κ3) is 3.35. The Labute approximate surface area is 129 Å². The molecule has 0 radical (unpaired) electrons. The second kappa shape index (κ2) is 6.28. The van der Waals surface area contributed by atoms with Gasteiger partial charge in [-0.25, -0.2) is 9.97 Å². The Bertz CT molecular complexity index is 603. The van der Waals surface area contributed by atoms with Gasteiger partial charge in [0.1, 0.15) is 17.8 Å². The molecule has 2 heterocycles. The summed E-state index contributed by atoms with van der Waals surface area (Å²) in [5.74, 6) is 0.685. The van der Waals surface area contributed by atoms with Gasteiger partial charge in [-0.05, 0) is 25.3 Å². The number of hydrogen-bond acceptors (Lipinski definition) is 5. The fourth-order valence-electron chi connectivity index (χ4n) is 2.96. The molecule has 1 aliphatic rings. The number of aryl methyl sites for hydroxylation is 1. The monoisotopic (exact) mass is 305 g/mol. The number of hydrogen-bond donors (Lipinski definition) is 1. The van der Waals surface area contributed by atoms with Gasteiger partial charge < -0.3 is 10.5 Å². The molecule has 0 bridgehead atoms. The van der Waals surface area contributed by atoms with Crippen LogP contribution in [0.4, 0.5) is 0 Å². The van der Waals surface area contributed by atoms with E-state index in [1.807, 2.05) is 0 Å². The normalized spacial score (nSPS) is 18.6. The van der Waals surface area contributed by atoms with Crippen LogP contribution in [-0.2, 0) is 6.42 Å². The molecule has 114 valence electrons. The van der Waals surface area contributed by atoms with Crippen molar-refractivity contribution in [2.75, 3.05) is 6.61 Å². The average Bonchev–Trinajstić information content (AvgIpc) is 2.81. The standard InChI is InChI=1S/C16H23N3OS/c1-2-12-9-13-14(18-11-19-15(13)21-12)20-10-16(17)7-5-3-4-6-8-16/h9,11H,2-8,10,17H2,1H3. The number of rotatable bonds is 4. The lowest BCUT2D eigenvalue weighted by Gasteiger charge is -2.27. The first-order valence-corrected chi connectivity index (χ1v) is 8.67. The molecular weight excluding hydrogens is 282 g/mol. The Morgan fingerprint density at radius 2 is 2.00 bits per heavy atom. The smallest absolute Gasteiger partial charge is 0.225 e. The van der Waals surface area contributed by atoms with Crippen LogP contribution in [-0.4, -0.2) is 22.1 Å². The van der Waals surface area contributed by atoms with Gasteiger partial charge in [-0.1, -0.05) is 32.6 Å². The molecule has 4 nitrogen and oxygen atoms in total. The number of fused-ring (bicyclic) bond motifs is 1. The molecule has 0 saturated heterocycles. The van der Waals surface area contributed by atoms with E-state index in [0.717, 1.165) is 29.5 Å². The minimum Gasteiger partial charge on any atom is -0.475 e. The highest BCUT2D eigenvalue weighted by molar-refractivity contribution is 7.18. The third-order valence-corrected chi connectivity index (χ3v) is 5.48. The molecule has 0 aromatic carbocycles. The van der Waals surface area contributed by atoms with Crippen LogP contribution >= 0.6 is 11.3 Å². The molecule has 2 N–H and O–H groups in total. The molecule has 21 heavy (non-hydrogen) atoms. The Kier molecular flexibility index (Phi) is 4.40. The SMILES string of the molecule is CCc1cc2c(OCC3(N)CCCCCC3)ncnc2s1. The van der Waals surface area contributed by atoms with Gasteiger partial charge in [0, 0.05) is 4.88 Å². The van der Waals surface area contributed by atoms with Crippen LogP contribution in [0.25, 0.3) is 10.2 Å². The molecule has 0 spiro atoms. The molecule has 1 saturated carbocycles. The first-order chi connectivity index (χ1) is 10.2. The molecule has 0 amide bonds. The Hall–Kier alpha value is -1.20. The molecule has 1 aliphatic carbocycles. The van der Waals surface area contributed by atoms with E-state index in [-0.39, 0.29) is 5.54 Å². The number of nitrogens with two attached hydrogens (primary N) is 1. The molecule has 0 aliphatic heterocycles. The lowest BCUT2D eigenvalue weighted by molar-refractivity contribution is 0.195. The lowest BCUT2D eigenvalue weighted by Crippen LogP contribution is -2.45. The maximum atomic E-state index is 6.52. The van der Waals surface area contributed by atoms with E-state index < -0.39 is 0 Å². The van der Waals surface area contributed by atoms with Crippen LogP contribution in [0, 0.1) is 0 Å². The van der Waals surface area contributed by atoms with Crippen LogP contribution in [0.15, 0.2) is 12.4 Å². The summed E-state index contributed by atoms with van der Waals surface area (Å²) in [5.41, 5.74) is 6.32. The zero-order chi connectivity index (χ0) is 14.7.